The number of urea groups is 1. The van der Waals surface area contributed by atoms with E-state index < -0.39 is 0 Å². The molecule has 0 aliphatic carbocycles. The van der Waals surface area contributed by atoms with E-state index in [0.29, 0.717) is 12.5 Å². The molecule has 1 aromatic carbocycles. The molecular formula is C18H28N2O3. The summed E-state index contributed by atoms with van der Waals surface area (Å²) in [4.78, 5) is 23.7. The molecule has 1 atom stereocenters. The van der Waals surface area contributed by atoms with Crippen LogP contribution < -0.4 is 10.6 Å². The van der Waals surface area contributed by atoms with Crippen molar-refractivity contribution in [3.05, 3.63) is 29.3 Å². The van der Waals surface area contributed by atoms with E-state index in [1.54, 1.807) is 13.8 Å². The van der Waals surface area contributed by atoms with Gasteiger partial charge >= 0.3 is 12.0 Å². The predicted octanol–water partition coefficient (Wildman–Crippen LogP) is 3.84. The van der Waals surface area contributed by atoms with E-state index in [4.69, 9.17) is 4.74 Å². The van der Waals surface area contributed by atoms with Crippen molar-refractivity contribution < 1.29 is 14.3 Å². The van der Waals surface area contributed by atoms with E-state index in [1.807, 2.05) is 18.2 Å². The molecule has 0 aliphatic rings. The second-order valence-corrected chi connectivity index (χ2v) is 5.90. The first kappa shape index (κ1) is 19.0. The maximum absolute atomic E-state index is 12.2. The van der Waals surface area contributed by atoms with Crippen LogP contribution in [0.4, 0.5) is 10.5 Å². The Morgan fingerprint density at radius 1 is 1.17 bits per heavy atom. The minimum Gasteiger partial charge on any atom is -0.466 e. The number of nitrogens with one attached hydrogen (secondary N) is 2. The van der Waals surface area contributed by atoms with Crippen molar-refractivity contribution in [1.82, 2.24) is 5.32 Å². The number of ether oxygens (including phenoxy) is 1. The Morgan fingerprint density at radius 3 is 2.43 bits per heavy atom. The molecule has 0 heterocycles. The van der Waals surface area contributed by atoms with E-state index in [0.717, 1.165) is 23.2 Å². The zero-order valence-electron chi connectivity index (χ0n) is 14.7. The minimum atomic E-state index is -0.308. The smallest absolute Gasteiger partial charge is 0.319 e. The summed E-state index contributed by atoms with van der Waals surface area (Å²) in [6.07, 6.45) is 1.00. The van der Waals surface area contributed by atoms with Gasteiger partial charge in [-0.25, -0.2) is 4.79 Å². The number of hydrogen-bond acceptors (Lipinski definition) is 3. The van der Waals surface area contributed by atoms with Crippen LogP contribution in [0.25, 0.3) is 0 Å². The molecule has 2 amide bonds. The lowest BCUT2D eigenvalue weighted by Crippen LogP contribution is -2.38. The van der Waals surface area contributed by atoms with Gasteiger partial charge in [0, 0.05) is 11.7 Å². The van der Waals surface area contributed by atoms with Gasteiger partial charge in [-0.05, 0) is 37.3 Å². The molecular weight excluding hydrogens is 292 g/mol. The normalized spacial score (nSPS) is 11.9. The molecule has 1 unspecified atom stereocenters. The summed E-state index contributed by atoms with van der Waals surface area (Å²) in [5.74, 6) is 0.00545. The van der Waals surface area contributed by atoms with Crippen LogP contribution in [-0.4, -0.2) is 24.6 Å². The molecule has 0 fully saturated rings. The number of carbonyl (C=O) groups is 2. The van der Waals surface area contributed by atoms with Crippen molar-refractivity contribution in [2.45, 2.75) is 59.4 Å². The summed E-state index contributed by atoms with van der Waals surface area (Å²) >= 11 is 0. The first-order valence-corrected chi connectivity index (χ1v) is 8.23. The third-order valence-electron chi connectivity index (χ3n) is 3.58. The monoisotopic (exact) mass is 320 g/mol. The first-order chi connectivity index (χ1) is 10.9. The number of benzene rings is 1. The van der Waals surface area contributed by atoms with Crippen LogP contribution in [0.1, 0.15) is 58.1 Å². The van der Waals surface area contributed by atoms with Gasteiger partial charge in [0.05, 0.1) is 13.0 Å². The average molecular weight is 320 g/mol. The van der Waals surface area contributed by atoms with Gasteiger partial charge < -0.3 is 15.4 Å². The highest BCUT2D eigenvalue weighted by molar-refractivity contribution is 5.91. The van der Waals surface area contributed by atoms with Gasteiger partial charge in [-0.3, -0.25) is 4.79 Å². The van der Waals surface area contributed by atoms with E-state index in [9.17, 15) is 9.59 Å². The molecule has 5 nitrogen and oxygen atoms in total. The molecule has 0 saturated heterocycles. The second kappa shape index (κ2) is 9.18. The molecule has 0 radical (unpaired) electrons. The molecule has 128 valence electrons. The van der Waals surface area contributed by atoms with E-state index in [-0.39, 0.29) is 24.5 Å². The topological polar surface area (TPSA) is 67.4 Å². The number of hydrogen-bond donors (Lipinski definition) is 2. The molecule has 0 spiro atoms. The molecule has 1 aromatic rings. The Kier molecular flexibility index (Phi) is 7.59. The first-order valence-electron chi connectivity index (χ1n) is 8.23. The quantitative estimate of drug-likeness (QED) is 0.750. The summed E-state index contributed by atoms with van der Waals surface area (Å²) in [6.45, 7) is 10.1. The summed E-state index contributed by atoms with van der Waals surface area (Å²) < 4.78 is 4.89. The molecule has 1 rings (SSSR count). The number of rotatable bonds is 7. The van der Waals surface area contributed by atoms with E-state index >= 15 is 0 Å². The number of amides is 2. The zero-order chi connectivity index (χ0) is 17.4. The Morgan fingerprint density at radius 2 is 1.87 bits per heavy atom. The number of esters is 1. The summed E-state index contributed by atoms with van der Waals surface area (Å²) in [7, 11) is 0. The van der Waals surface area contributed by atoms with Gasteiger partial charge in [0.15, 0.2) is 0 Å². The van der Waals surface area contributed by atoms with Crippen molar-refractivity contribution >= 4 is 17.7 Å². The van der Waals surface area contributed by atoms with Crippen molar-refractivity contribution in [3.63, 3.8) is 0 Å². The lowest BCUT2D eigenvalue weighted by molar-refractivity contribution is -0.143. The predicted molar refractivity (Wildman–Crippen MR) is 92.8 cm³/mol. The maximum Gasteiger partial charge on any atom is 0.319 e. The largest absolute Gasteiger partial charge is 0.466 e. The third-order valence-corrected chi connectivity index (χ3v) is 3.58. The fourth-order valence-electron chi connectivity index (χ4n) is 2.44. The highest BCUT2D eigenvalue weighted by Crippen LogP contribution is 2.28. The Balaban J connectivity index is 2.75. The van der Waals surface area contributed by atoms with E-state index in [2.05, 4.69) is 31.4 Å². The van der Waals surface area contributed by atoms with Gasteiger partial charge in [0.25, 0.3) is 0 Å². The summed E-state index contributed by atoms with van der Waals surface area (Å²) in [5, 5.41) is 5.73. The lowest BCUT2D eigenvalue weighted by Gasteiger charge is -2.19. The number of para-hydroxylation sites is 1. The maximum atomic E-state index is 12.2. The van der Waals surface area contributed by atoms with Gasteiger partial charge in [-0.2, -0.15) is 0 Å². The summed E-state index contributed by atoms with van der Waals surface area (Å²) in [5.41, 5.74) is 3.08. The van der Waals surface area contributed by atoms with Crippen molar-refractivity contribution in [3.8, 4) is 0 Å². The summed E-state index contributed by atoms with van der Waals surface area (Å²) in [6, 6.07) is 5.47. The van der Waals surface area contributed by atoms with Crippen LogP contribution in [0.3, 0.4) is 0 Å². The van der Waals surface area contributed by atoms with Crippen LogP contribution in [0, 0.1) is 0 Å². The van der Waals surface area contributed by atoms with Gasteiger partial charge in [-0.15, -0.1) is 0 Å². The van der Waals surface area contributed by atoms with Crippen molar-refractivity contribution in [2.75, 3.05) is 11.9 Å². The van der Waals surface area contributed by atoms with E-state index in [1.165, 1.54) is 0 Å². The Labute approximate surface area is 138 Å². The number of anilines is 1. The molecule has 0 aliphatic heterocycles. The second-order valence-electron chi connectivity index (χ2n) is 5.90. The van der Waals surface area contributed by atoms with Crippen LogP contribution in [0.5, 0.6) is 0 Å². The van der Waals surface area contributed by atoms with Gasteiger partial charge in [0.1, 0.15) is 0 Å². The average Bonchev–Trinajstić information content (AvgIpc) is 2.46. The van der Waals surface area contributed by atoms with Crippen molar-refractivity contribution in [1.29, 1.82) is 0 Å². The van der Waals surface area contributed by atoms with Crippen LogP contribution in [0.15, 0.2) is 18.2 Å². The Bertz CT molecular complexity index is 541. The highest BCUT2D eigenvalue weighted by atomic mass is 16.5. The number of aryl methyl sites for hydroxylation is 1. The van der Waals surface area contributed by atoms with Crippen molar-refractivity contribution in [2.24, 2.45) is 0 Å². The Hall–Kier alpha value is -2.04. The minimum absolute atomic E-state index is 0.160. The fourth-order valence-corrected chi connectivity index (χ4v) is 2.44. The van der Waals surface area contributed by atoms with Crippen LogP contribution in [0.2, 0.25) is 0 Å². The molecule has 0 saturated carbocycles. The SMILES string of the molecule is CCOC(=O)CC(C)NC(=O)Nc1c(CC)cccc1C(C)C. The lowest BCUT2D eigenvalue weighted by atomic mass is 9.96. The standard InChI is InChI=1S/C18H28N2O3/c1-6-14-9-8-10-15(12(3)4)17(14)20-18(22)19-13(5)11-16(21)23-7-2/h8-10,12-13H,6-7,11H2,1-5H3,(H2,19,20,22). The van der Waals surface area contributed by atoms with Crippen LogP contribution in [-0.2, 0) is 16.0 Å². The van der Waals surface area contributed by atoms with Crippen LogP contribution >= 0.6 is 0 Å². The fraction of sp³-hybridized carbons (Fsp3) is 0.556. The zero-order valence-corrected chi connectivity index (χ0v) is 14.7. The number of carbonyl (C=O) groups excluding carboxylic acids is 2. The third kappa shape index (κ3) is 5.93. The van der Waals surface area contributed by atoms with Gasteiger partial charge in [0.2, 0.25) is 0 Å². The highest BCUT2D eigenvalue weighted by Gasteiger charge is 2.16. The molecule has 2 N–H and O–H groups in total. The van der Waals surface area contributed by atoms with Gasteiger partial charge in [-0.1, -0.05) is 39.0 Å². The molecule has 0 aromatic heterocycles. The molecule has 5 heteroatoms. The molecule has 23 heavy (non-hydrogen) atoms. The molecule has 0 bridgehead atoms.